The lowest BCUT2D eigenvalue weighted by Gasteiger charge is -2.15. The fourth-order valence-corrected chi connectivity index (χ4v) is 2.03. The molecule has 110 valence electrons. The molecular weight excluding hydrogens is 262 g/mol. The normalized spacial score (nSPS) is 12.0. The maximum absolute atomic E-state index is 12.3. The molecular formula is C17H21N3O. The van der Waals surface area contributed by atoms with Crippen molar-refractivity contribution in [1.29, 1.82) is 0 Å². The average molecular weight is 283 g/mol. The van der Waals surface area contributed by atoms with E-state index in [1.165, 1.54) is 0 Å². The average Bonchev–Trinajstić information content (AvgIpc) is 2.47. The molecule has 0 saturated carbocycles. The number of aromatic nitrogens is 1. The number of amides is 1. The van der Waals surface area contributed by atoms with Gasteiger partial charge in [-0.3, -0.25) is 4.79 Å². The first-order valence-electron chi connectivity index (χ1n) is 7.15. The summed E-state index contributed by atoms with van der Waals surface area (Å²) in [5, 5.41) is 6.16. The third-order valence-electron chi connectivity index (χ3n) is 3.07. The second-order valence-electron chi connectivity index (χ2n) is 5.31. The summed E-state index contributed by atoms with van der Waals surface area (Å²) in [4.78, 5) is 16.6. The van der Waals surface area contributed by atoms with Crippen molar-refractivity contribution in [2.75, 3.05) is 5.32 Å². The Labute approximate surface area is 125 Å². The van der Waals surface area contributed by atoms with Gasteiger partial charge in [-0.2, -0.15) is 0 Å². The highest BCUT2D eigenvalue weighted by atomic mass is 16.1. The molecule has 1 amide bonds. The van der Waals surface area contributed by atoms with Crippen molar-refractivity contribution in [2.24, 2.45) is 0 Å². The van der Waals surface area contributed by atoms with Crippen molar-refractivity contribution in [3.8, 4) is 0 Å². The van der Waals surface area contributed by atoms with Crippen LogP contribution in [0.2, 0.25) is 0 Å². The molecule has 1 heterocycles. The van der Waals surface area contributed by atoms with Crippen molar-refractivity contribution >= 4 is 11.7 Å². The lowest BCUT2D eigenvalue weighted by atomic mass is 10.1. The molecule has 0 bridgehead atoms. The minimum absolute atomic E-state index is 0.0535. The second-order valence-corrected chi connectivity index (χ2v) is 5.31. The van der Waals surface area contributed by atoms with Crippen molar-refractivity contribution in [1.82, 2.24) is 10.3 Å². The Morgan fingerprint density at radius 3 is 2.38 bits per heavy atom. The van der Waals surface area contributed by atoms with E-state index in [1.54, 1.807) is 6.07 Å². The smallest absolute Gasteiger partial charge is 0.270 e. The van der Waals surface area contributed by atoms with Crippen LogP contribution in [0, 0.1) is 0 Å². The standard InChI is InChI=1S/C17H21N3O/c1-12(2)18-16-11-7-10-15(20-16)17(21)19-13(3)14-8-5-4-6-9-14/h4-13H,1-3H3,(H,18,20)(H,19,21). The predicted octanol–water partition coefficient (Wildman–Crippen LogP) is 3.39. The van der Waals surface area contributed by atoms with Gasteiger partial charge in [0.1, 0.15) is 11.5 Å². The Morgan fingerprint density at radius 2 is 1.71 bits per heavy atom. The van der Waals surface area contributed by atoms with Gasteiger partial charge in [-0.05, 0) is 38.5 Å². The van der Waals surface area contributed by atoms with E-state index >= 15 is 0 Å². The first-order valence-corrected chi connectivity index (χ1v) is 7.15. The van der Waals surface area contributed by atoms with Gasteiger partial charge in [-0.25, -0.2) is 4.98 Å². The zero-order valence-electron chi connectivity index (χ0n) is 12.6. The number of anilines is 1. The molecule has 2 rings (SSSR count). The van der Waals surface area contributed by atoms with Gasteiger partial charge >= 0.3 is 0 Å². The van der Waals surface area contributed by atoms with Crippen LogP contribution in [-0.2, 0) is 0 Å². The minimum atomic E-state index is -0.168. The maximum Gasteiger partial charge on any atom is 0.270 e. The van der Waals surface area contributed by atoms with Crippen molar-refractivity contribution < 1.29 is 4.79 Å². The van der Waals surface area contributed by atoms with Crippen molar-refractivity contribution in [3.63, 3.8) is 0 Å². The number of benzene rings is 1. The molecule has 4 heteroatoms. The van der Waals surface area contributed by atoms with Gasteiger partial charge < -0.3 is 10.6 Å². The van der Waals surface area contributed by atoms with Crippen LogP contribution < -0.4 is 10.6 Å². The summed E-state index contributed by atoms with van der Waals surface area (Å²) >= 11 is 0. The van der Waals surface area contributed by atoms with Gasteiger partial charge in [0.2, 0.25) is 0 Å². The Kier molecular flexibility index (Phi) is 4.93. The van der Waals surface area contributed by atoms with Gasteiger partial charge in [0.05, 0.1) is 6.04 Å². The van der Waals surface area contributed by atoms with Gasteiger partial charge in [0, 0.05) is 6.04 Å². The molecule has 0 fully saturated rings. The Bertz CT molecular complexity index is 596. The summed E-state index contributed by atoms with van der Waals surface area (Å²) in [6, 6.07) is 15.5. The third kappa shape index (κ3) is 4.31. The molecule has 2 N–H and O–H groups in total. The number of carbonyl (C=O) groups is 1. The number of rotatable bonds is 5. The molecule has 0 aliphatic rings. The zero-order chi connectivity index (χ0) is 15.2. The van der Waals surface area contributed by atoms with Crippen LogP contribution in [0.4, 0.5) is 5.82 Å². The summed E-state index contributed by atoms with van der Waals surface area (Å²) in [6.45, 7) is 6.03. The van der Waals surface area contributed by atoms with Crippen LogP contribution in [0.1, 0.15) is 42.9 Å². The van der Waals surface area contributed by atoms with Gasteiger partial charge in [0.25, 0.3) is 5.91 Å². The van der Waals surface area contributed by atoms with E-state index < -0.39 is 0 Å². The molecule has 1 atom stereocenters. The summed E-state index contributed by atoms with van der Waals surface area (Å²) in [5.74, 6) is 0.545. The fraction of sp³-hybridized carbons (Fsp3) is 0.294. The fourth-order valence-electron chi connectivity index (χ4n) is 2.03. The summed E-state index contributed by atoms with van der Waals surface area (Å²) in [7, 11) is 0. The molecule has 0 spiro atoms. The summed E-state index contributed by atoms with van der Waals surface area (Å²) in [5.41, 5.74) is 1.49. The lowest BCUT2D eigenvalue weighted by Crippen LogP contribution is -2.27. The molecule has 2 aromatic rings. The highest BCUT2D eigenvalue weighted by Gasteiger charge is 2.12. The molecule has 0 aliphatic heterocycles. The largest absolute Gasteiger partial charge is 0.368 e. The Morgan fingerprint density at radius 1 is 1.00 bits per heavy atom. The summed E-state index contributed by atoms with van der Waals surface area (Å²) in [6.07, 6.45) is 0. The number of hydrogen-bond donors (Lipinski definition) is 2. The molecule has 0 aliphatic carbocycles. The van der Waals surface area contributed by atoms with E-state index in [0.717, 1.165) is 5.56 Å². The Hall–Kier alpha value is -2.36. The number of nitrogens with one attached hydrogen (secondary N) is 2. The second kappa shape index (κ2) is 6.88. The van der Waals surface area contributed by atoms with Crippen LogP contribution in [0.3, 0.4) is 0 Å². The highest BCUT2D eigenvalue weighted by molar-refractivity contribution is 5.92. The van der Waals surface area contributed by atoms with Gasteiger partial charge in [-0.15, -0.1) is 0 Å². The van der Waals surface area contributed by atoms with E-state index in [1.807, 2.05) is 63.2 Å². The number of carbonyl (C=O) groups excluding carboxylic acids is 1. The quantitative estimate of drug-likeness (QED) is 0.884. The van der Waals surface area contributed by atoms with Crippen LogP contribution in [0.15, 0.2) is 48.5 Å². The molecule has 4 nitrogen and oxygen atoms in total. The lowest BCUT2D eigenvalue weighted by molar-refractivity contribution is 0.0935. The third-order valence-corrected chi connectivity index (χ3v) is 3.07. The first kappa shape index (κ1) is 15.0. The number of nitrogens with zero attached hydrogens (tertiary/aromatic N) is 1. The van der Waals surface area contributed by atoms with Crippen LogP contribution in [0.5, 0.6) is 0 Å². The van der Waals surface area contributed by atoms with Crippen LogP contribution in [0.25, 0.3) is 0 Å². The minimum Gasteiger partial charge on any atom is -0.368 e. The van der Waals surface area contributed by atoms with Gasteiger partial charge in [0.15, 0.2) is 0 Å². The van der Waals surface area contributed by atoms with E-state index in [2.05, 4.69) is 15.6 Å². The van der Waals surface area contributed by atoms with Crippen molar-refractivity contribution in [3.05, 3.63) is 59.8 Å². The van der Waals surface area contributed by atoms with E-state index in [0.29, 0.717) is 11.5 Å². The van der Waals surface area contributed by atoms with Crippen LogP contribution >= 0.6 is 0 Å². The monoisotopic (exact) mass is 283 g/mol. The molecule has 0 saturated heterocycles. The molecule has 0 radical (unpaired) electrons. The topological polar surface area (TPSA) is 54.0 Å². The predicted molar refractivity (Wildman–Crippen MR) is 85.3 cm³/mol. The van der Waals surface area contributed by atoms with E-state index in [4.69, 9.17) is 0 Å². The van der Waals surface area contributed by atoms with E-state index in [-0.39, 0.29) is 18.0 Å². The number of pyridine rings is 1. The number of hydrogen-bond acceptors (Lipinski definition) is 3. The van der Waals surface area contributed by atoms with Gasteiger partial charge in [-0.1, -0.05) is 36.4 Å². The van der Waals surface area contributed by atoms with Crippen molar-refractivity contribution in [2.45, 2.75) is 32.9 Å². The van der Waals surface area contributed by atoms with Crippen LogP contribution in [-0.4, -0.2) is 16.9 Å². The summed E-state index contributed by atoms with van der Waals surface area (Å²) < 4.78 is 0. The molecule has 1 unspecified atom stereocenters. The SMILES string of the molecule is CC(C)Nc1cccc(C(=O)NC(C)c2ccccc2)n1. The van der Waals surface area contributed by atoms with E-state index in [9.17, 15) is 4.79 Å². The Balaban J connectivity index is 2.06. The molecule has 21 heavy (non-hydrogen) atoms. The molecule has 1 aromatic carbocycles. The first-order chi connectivity index (χ1) is 10.1. The highest BCUT2D eigenvalue weighted by Crippen LogP contribution is 2.13. The molecule has 1 aromatic heterocycles. The zero-order valence-corrected chi connectivity index (χ0v) is 12.6. The maximum atomic E-state index is 12.3.